The third-order valence-corrected chi connectivity index (χ3v) is 1.79. The van der Waals surface area contributed by atoms with Gasteiger partial charge in [0.1, 0.15) is 5.15 Å². The molecule has 0 aliphatic rings. The average Bonchev–Trinajstić information content (AvgIpc) is 2.17. The van der Waals surface area contributed by atoms with Crippen LogP contribution < -0.4 is 0 Å². The van der Waals surface area contributed by atoms with Gasteiger partial charge in [0.15, 0.2) is 5.01 Å². The quantitative estimate of drug-likeness (QED) is 0.526. The summed E-state index contributed by atoms with van der Waals surface area (Å²) in [5, 5.41) is 3.07. The summed E-state index contributed by atoms with van der Waals surface area (Å²) in [6.45, 7) is 1.77. The van der Waals surface area contributed by atoms with Crippen LogP contribution in [0.4, 0.5) is 0 Å². The summed E-state index contributed by atoms with van der Waals surface area (Å²) in [4.78, 5) is 3.91. The lowest BCUT2D eigenvalue weighted by Gasteiger charge is -1.70. The molecule has 1 heterocycles. The smallest absolute Gasteiger partial charge is 0.168 e. The van der Waals surface area contributed by atoms with Crippen LogP contribution in [0.2, 0.25) is 5.15 Å². The molecule has 0 aromatic carbocycles. The van der Waals surface area contributed by atoms with Crippen molar-refractivity contribution in [3.8, 4) is 11.8 Å². The van der Waals surface area contributed by atoms with E-state index in [1.807, 2.05) is 0 Å². The summed E-state index contributed by atoms with van der Waals surface area (Å²) in [6, 6.07) is 0. The average molecular weight is 158 g/mol. The molecule has 0 bridgehead atoms. The van der Waals surface area contributed by atoms with Crippen molar-refractivity contribution in [3.63, 3.8) is 0 Å². The third kappa shape index (κ3) is 1.70. The van der Waals surface area contributed by atoms with Gasteiger partial charge in [-0.15, -0.1) is 11.3 Å². The molecular formula is C6H4ClNS. The fourth-order valence-electron chi connectivity index (χ4n) is 0.418. The Kier molecular flexibility index (Phi) is 2.10. The van der Waals surface area contributed by atoms with E-state index in [4.69, 9.17) is 11.6 Å². The lowest BCUT2D eigenvalue weighted by Crippen LogP contribution is -1.66. The maximum Gasteiger partial charge on any atom is 0.168 e. The van der Waals surface area contributed by atoms with Gasteiger partial charge in [0.25, 0.3) is 0 Å². The third-order valence-electron chi connectivity index (χ3n) is 0.708. The second kappa shape index (κ2) is 2.86. The predicted octanol–water partition coefficient (Wildman–Crippen LogP) is 2.17. The molecule has 0 radical (unpaired) electrons. The van der Waals surface area contributed by atoms with Gasteiger partial charge in [0, 0.05) is 5.38 Å². The molecule has 0 unspecified atom stereocenters. The van der Waals surface area contributed by atoms with Crippen molar-refractivity contribution in [1.29, 1.82) is 0 Å². The zero-order chi connectivity index (χ0) is 6.69. The summed E-state index contributed by atoms with van der Waals surface area (Å²) in [7, 11) is 0. The molecule has 0 saturated carbocycles. The highest BCUT2D eigenvalue weighted by Crippen LogP contribution is 2.12. The van der Waals surface area contributed by atoms with Gasteiger partial charge in [-0.05, 0) is 12.8 Å². The minimum absolute atomic E-state index is 0.526. The molecule has 1 aromatic rings. The number of hydrogen-bond acceptors (Lipinski definition) is 2. The van der Waals surface area contributed by atoms with Gasteiger partial charge in [-0.3, -0.25) is 0 Å². The van der Waals surface area contributed by atoms with Crippen LogP contribution in [0.1, 0.15) is 11.9 Å². The second-order valence-corrected chi connectivity index (χ2v) is 2.60. The summed E-state index contributed by atoms with van der Waals surface area (Å²) in [5.41, 5.74) is 0. The van der Waals surface area contributed by atoms with Gasteiger partial charge in [-0.2, -0.15) is 0 Å². The van der Waals surface area contributed by atoms with E-state index in [1.54, 1.807) is 12.3 Å². The Labute approximate surface area is 62.7 Å². The molecule has 1 aromatic heterocycles. The Morgan fingerprint density at radius 1 is 1.78 bits per heavy atom. The van der Waals surface area contributed by atoms with Gasteiger partial charge in [0.2, 0.25) is 0 Å². The van der Waals surface area contributed by atoms with Gasteiger partial charge in [-0.25, -0.2) is 4.98 Å². The molecule has 9 heavy (non-hydrogen) atoms. The van der Waals surface area contributed by atoms with Crippen LogP contribution in [0.15, 0.2) is 5.38 Å². The van der Waals surface area contributed by atoms with E-state index in [-0.39, 0.29) is 0 Å². The van der Waals surface area contributed by atoms with E-state index in [2.05, 4.69) is 16.8 Å². The maximum atomic E-state index is 5.53. The first-order valence-electron chi connectivity index (χ1n) is 2.36. The van der Waals surface area contributed by atoms with Crippen LogP contribution in [-0.4, -0.2) is 4.98 Å². The van der Waals surface area contributed by atoms with Gasteiger partial charge in [-0.1, -0.05) is 17.5 Å². The Hall–Kier alpha value is -0.520. The van der Waals surface area contributed by atoms with Crippen LogP contribution in [0, 0.1) is 11.8 Å². The minimum atomic E-state index is 0.526. The number of nitrogens with zero attached hydrogens (tertiary/aromatic N) is 1. The van der Waals surface area contributed by atoms with Gasteiger partial charge < -0.3 is 0 Å². The summed E-state index contributed by atoms with van der Waals surface area (Å²) >= 11 is 6.99. The maximum absolute atomic E-state index is 5.53. The zero-order valence-corrected chi connectivity index (χ0v) is 6.38. The molecule has 3 heteroatoms. The molecule has 0 amide bonds. The van der Waals surface area contributed by atoms with E-state index >= 15 is 0 Å². The highest BCUT2D eigenvalue weighted by atomic mass is 35.5. The van der Waals surface area contributed by atoms with Crippen molar-refractivity contribution >= 4 is 22.9 Å². The van der Waals surface area contributed by atoms with Crippen LogP contribution >= 0.6 is 22.9 Å². The summed E-state index contributed by atoms with van der Waals surface area (Å²) in [5.74, 6) is 5.54. The fourth-order valence-corrected chi connectivity index (χ4v) is 1.26. The Balaban J connectivity index is 2.93. The van der Waals surface area contributed by atoms with Crippen LogP contribution in [0.5, 0.6) is 0 Å². The molecule has 0 saturated heterocycles. The fraction of sp³-hybridized carbons (Fsp3) is 0.167. The monoisotopic (exact) mass is 157 g/mol. The Morgan fingerprint density at radius 3 is 3.00 bits per heavy atom. The molecule has 1 nitrogen and oxygen atoms in total. The Morgan fingerprint density at radius 2 is 2.56 bits per heavy atom. The van der Waals surface area contributed by atoms with Crippen molar-refractivity contribution in [3.05, 3.63) is 15.5 Å². The lowest BCUT2D eigenvalue weighted by atomic mass is 10.6. The first-order chi connectivity index (χ1) is 4.33. The van der Waals surface area contributed by atoms with Gasteiger partial charge >= 0.3 is 0 Å². The normalized spacial score (nSPS) is 8.22. The van der Waals surface area contributed by atoms with Crippen LogP contribution in [0.3, 0.4) is 0 Å². The van der Waals surface area contributed by atoms with Gasteiger partial charge in [0.05, 0.1) is 0 Å². The van der Waals surface area contributed by atoms with E-state index < -0.39 is 0 Å². The molecule has 0 spiro atoms. The van der Waals surface area contributed by atoms with Crippen molar-refractivity contribution in [2.24, 2.45) is 0 Å². The molecule has 0 N–H and O–H groups in total. The molecule has 0 fully saturated rings. The molecule has 0 aliphatic heterocycles. The number of hydrogen-bond donors (Lipinski definition) is 0. The van der Waals surface area contributed by atoms with Crippen LogP contribution in [-0.2, 0) is 0 Å². The number of thiazole rings is 1. The Bertz CT molecular complexity index is 256. The molecule has 0 aliphatic carbocycles. The van der Waals surface area contributed by atoms with E-state index in [9.17, 15) is 0 Å². The topological polar surface area (TPSA) is 12.9 Å². The van der Waals surface area contributed by atoms with E-state index in [0.29, 0.717) is 5.15 Å². The number of rotatable bonds is 0. The van der Waals surface area contributed by atoms with E-state index in [0.717, 1.165) is 5.01 Å². The standard InChI is InChI=1S/C6H4ClNS/c1-2-3-6-8-5(7)4-9-6/h4H,1H3. The van der Waals surface area contributed by atoms with Crippen molar-refractivity contribution in [2.45, 2.75) is 6.92 Å². The molecule has 46 valence electrons. The molecule has 1 rings (SSSR count). The number of aromatic nitrogens is 1. The van der Waals surface area contributed by atoms with E-state index in [1.165, 1.54) is 11.3 Å². The molecular weight excluding hydrogens is 154 g/mol. The predicted molar refractivity (Wildman–Crippen MR) is 39.7 cm³/mol. The summed E-state index contributed by atoms with van der Waals surface area (Å²) < 4.78 is 0. The molecule has 0 atom stereocenters. The largest absolute Gasteiger partial charge is 0.216 e. The number of halogens is 1. The first-order valence-corrected chi connectivity index (χ1v) is 3.62. The van der Waals surface area contributed by atoms with Crippen molar-refractivity contribution < 1.29 is 0 Å². The highest BCUT2D eigenvalue weighted by Gasteiger charge is 1.92. The highest BCUT2D eigenvalue weighted by molar-refractivity contribution is 7.10. The van der Waals surface area contributed by atoms with Crippen LogP contribution in [0.25, 0.3) is 0 Å². The zero-order valence-electron chi connectivity index (χ0n) is 4.81. The first kappa shape index (κ1) is 6.60. The van der Waals surface area contributed by atoms with Crippen molar-refractivity contribution in [1.82, 2.24) is 4.98 Å². The second-order valence-electron chi connectivity index (χ2n) is 1.35. The van der Waals surface area contributed by atoms with Crippen molar-refractivity contribution in [2.75, 3.05) is 0 Å². The lowest BCUT2D eigenvalue weighted by molar-refractivity contribution is 1.38. The minimum Gasteiger partial charge on any atom is -0.216 e. The SMILES string of the molecule is CC#Cc1nc(Cl)cs1. The summed E-state index contributed by atoms with van der Waals surface area (Å²) in [6.07, 6.45) is 0.